The third-order valence-electron chi connectivity index (χ3n) is 2.78. The summed E-state index contributed by atoms with van der Waals surface area (Å²) in [5.41, 5.74) is 1.02. The van der Waals surface area contributed by atoms with Gasteiger partial charge in [-0.05, 0) is 24.5 Å². The van der Waals surface area contributed by atoms with Gasteiger partial charge in [0.15, 0.2) is 0 Å². The van der Waals surface area contributed by atoms with E-state index in [1.807, 2.05) is 0 Å². The fourth-order valence-electron chi connectivity index (χ4n) is 2.02. The van der Waals surface area contributed by atoms with Crippen LogP contribution in [0.3, 0.4) is 0 Å². The molecule has 0 spiro atoms. The van der Waals surface area contributed by atoms with Crippen molar-refractivity contribution >= 4 is 5.97 Å². The van der Waals surface area contributed by atoms with E-state index in [2.05, 4.69) is 18.9 Å². The zero-order valence-electron chi connectivity index (χ0n) is 10.9. The van der Waals surface area contributed by atoms with Crippen molar-refractivity contribution in [2.75, 3.05) is 0 Å². The van der Waals surface area contributed by atoms with Crippen molar-refractivity contribution in [3.63, 3.8) is 0 Å². The predicted octanol–water partition coefficient (Wildman–Crippen LogP) is 2.06. The molecule has 2 rings (SSSR count). The lowest BCUT2D eigenvalue weighted by Gasteiger charge is -2.06. The van der Waals surface area contributed by atoms with E-state index in [0.29, 0.717) is 11.6 Å². The van der Waals surface area contributed by atoms with E-state index in [-0.39, 0.29) is 11.1 Å². The zero-order chi connectivity index (χ0) is 14.0. The van der Waals surface area contributed by atoms with Crippen molar-refractivity contribution in [2.45, 2.75) is 20.3 Å². The molecule has 0 unspecified atom stereocenters. The number of rotatable bonds is 4. The van der Waals surface area contributed by atoms with Gasteiger partial charge in [0.1, 0.15) is 0 Å². The van der Waals surface area contributed by atoms with Gasteiger partial charge in [-0.2, -0.15) is 0 Å². The molecule has 2 N–H and O–H groups in total. The number of carbonyl (C=O) groups is 1. The van der Waals surface area contributed by atoms with Gasteiger partial charge in [0.2, 0.25) is 0 Å². The van der Waals surface area contributed by atoms with Crippen LogP contribution in [-0.2, 0) is 6.42 Å². The van der Waals surface area contributed by atoms with Gasteiger partial charge >= 0.3 is 5.97 Å². The SMILES string of the molecule is CC(C)Cc1cc(=O)n(-c2ccccc2C(=O)O)[nH]1. The molecule has 2 aromatic rings. The summed E-state index contributed by atoms with van der Waals surface area (Å²) in [4.78, 5) is 23.1. The van der Waals surface area contributed by atoms with Crippen LogP contribution < -0.4 is 5.56 Å². The quantitative estimate of drug-likeness (QED) is 0.883. The molecule has 0 atom stereocenters. The summed E-state index contributed by atoms with van der Waals surface area (Å²) in [5, 5.41) is 12.1. The maximum Gasteiger partial charge on any atom is 0.337 e. The zero-order valence-corrected chi connectivity index (χ0v) is 10.9. The molecule has 1 aromatic carbocycles. The van der Waals surface area contributed by atoms with Crippen LogP contribution in [0.4, 0.5) is 0 Å². The van der Waals surface area contributed by atoms with E-state index < -0.39 is 5.97 Å². The van der Waals surface area contributed by atoms with E-state index in [1.54, 1.807) is 18.2 Å². The van der Waals surface area contributed by atoms with Gasteiger partial charge in [-0.3, -0.25) is 9.89 Å². The standard InChI is InChI=1S/C14H16N2O3/c1-9(2)7-10-8-13(17)16(15-10)12-6-4-3-5-11(12)14(18)19/h3-6,8-9,15H,7H2,1-2H3,(H,18,19). The highest BCUT2D eigenvalue weighted by molar-refractivity contribution is 5.91. The number of carboxylic acid groups (broad SMARTS) is 1. The van der Waals surface area contributed by atoms with Crippen LogP contribution in [-0.4, -0.2) is 20.9 Å². The third kappa shape index (κ3) is 2.76. The van der Waals surface area contributed by atoms with Gasteiger partial charge in [0.25, 0.3) is 5.56 Å². The van der Waals surface area contributed by atoms with E-state index >= 15 is 0 Å². The smallest absolute Gasteiger partial charge is 0.337 e. The summed E-state index contributed by atoms with van der Waals surface area (Å²) in [5.74, 6) is -0.635. The molecule has 0 aliphatic heterocycles. The molecule has 0 radical (unpaired) electrons. The summed E-state index contributed by atoms with van der Waals surface area (Å²) in [6, 6.07) is 7.94. The number of aromatic carboxylic acids is 1. The van der Waals surface area contributed by atoms with Crippen molar-refractivity contribution in [3.8, 4) is 5.69 Å². The number of para-hydroxylation sites is 1. The Labute approximate surface area is 110 Å². The van der Waals surface area contributed by atoms with Crippen molar-refractivity contribution in [1.29, 1.82) is 0 Å². The molecule has 0 bridgehead atoms. The van der Waals surface area contributed by atoms with Gasteiger partial charge in [-0.25, -0.2) is 9.48 Å². The first-order valence-electron chi connectivity index (χ1n) is 6.12. The van der Waals surface area contributed by atoms with Crippen molar-refractivity contribution in [3.05, 3.63) is 51.9 Å². The molecule has 0 saturated heterocycles. The first-order valence-corrected chi connectivity index (χ1v) is 6.12. The number of carboxylic acids is 1. The van der Waals surface area contributed by atoms with Gasteiger partial charge in [-0.15, -0.1) is 0 Å². The third-order valence-corrected chi connectivity index (χ3v) is 2.78. The largest absolute Gasteiger partial charge is 0.478 e. The summed E-state index contributed by atoms with van der Waals surface area (Å²) in [7, 11) is 0. The Bertz CT molecular complexity index is 653. The number of nitrogens with one attached hydrogen (secondary N) is 1. The summed E-state index contributed by atoms with van der Waals surface area (Å²) < 4.78 is 1.28. The lowest BCUT2D eigenvalue weighted by Crippen LogP contribution is -2.17. The highest BCUT2D eigenvalue weighted by atomic mass is 16.4. The molecule has 100 valence electrons. The molecule has 0 aliphatic carbocycles. The number of hydrogen-bond donors (Lipinski definition) is 2. The minimum Gasteiger partial charge on any atom is -0.478 e. The van der Waals surface area contributed by atoms with Crippen LogP contribution in [0.15, 0.2) is 35.1 Å². The van der Waals surface area contributed by atoms with Gasteiger partial charge in [0, 0.05) is 11.8 Å². The number of aromatic amines is 1. The Kier molecular flexibility index (Phi) is 3.55. The van der Waals surface area contributed by atoms with E-state index in [0.717, 1.165) is 12.1 Å². The topological polar surface area (TPSA) is 75.1 Å². The van der Waals surface area contributed by atoms with Gasteiger partial charge in [0.05, 0.1) is 11.3 Å². The Hall–Kier alpha value is -2.30. The predicted molar refractivity (Wildman–Crippen MR) is 71.9 cm³/mol. The van der Waals surface area contributed by atoms with Crippen LogP contribution in [0.2, 0.25) is 0 Å². The molecule has 1 heterocycles. The number of hydrogen-bond acceptors (Lipinski definition) is 2. The normalized spacial score (nSPS) is 10.9. The lowest BCUT2D eigenvalue weighted by molar-refractivity contribution is 0.0696. The van der Waals surface area contributed by atoms with Crippen LogP contribution in [0.5, 0.6) is 0 Å². The number of aromatic nitrogens is 2. The molecule has 1 aromatic heterocycles. The molecular weight excluding hydrogens is 244 g/mol. The van der Waals surface area contributed by atoms with Crippen LogP contribution in [0, 0.1) is 5.92 Å². The summed E-state index contributed by atoms with van der Waals surface area (Å²) in [6.07, 6.45) is 0.747. The molecule has 19 heavy (non-hydrogen) atoms. The van der Waals surface area contributed by atoms with Crippen LogP contribution in [0.25, 0.3) is 5.69 Å². The van der Waals surface area contributed by atoms with E-state index in [9.17, 15) is 9.59 Å². The van der Waals surface area contributed by atoms with Crippen LogP contribution >= 0.6 is 0 Å². The Morgan fingerprint density at radius 2 is 2.05 bits per heavy atom. The second-order valence-corrected chi connectivity index (χ2v) is 4.88. The van der Waals surface area contributed by atoms with Crippen LogP contribution in [0.1, 0.15) is 29.9 Å². The molecule has 0 aliphatic rings. The van der Waals surface area contributed by atoms with Crippen molar-refractivity contribution in [1.82, 2.24) is 9.78 Å². The first-order chi connectivity index (χ1) is 8.99. The van der Waals surface area contributed by atoms with E-state index in [1.165, 1.54) is 16.8 Å². The Morgan fingerprint density at radius 1 is 1.37 bits per heavy atom. The number of H-pyrrole nitrogens is 1. The Morgan fingerprint density at radius 3 is 2.68 bits per heavy atom. The first kappa shape index (κ1) is 13.1. The Balaban J connectivity index is 2.51. The maximum atomic E-state index is 11.9. The van der Waals surface area contributed by atoms with Gasteiger partial charge in [-0.1, -0.05) is 26.0 Å². The van der Waals surface area contributed by atoms with E-state index in [4.69, 9.17) is 5.11 Å². The van der Waals surface area contributed by atoms with Crippen molar-refractivity contribution < 1.29 is 9.90 Å². The maximum absolute atomic E-state index is 11.9. The lowest BCUT2D eigenvalue weighted by atomic mass is 10.1. The molecular formula is C14H16N2O3. The minimum absolute atomic E-state index is 0.0996. The second-order valence-electron chi connectivity index (χ2n) is 4.88. The fourth-order valence-corrected chi connectivity index (χ4v) is 2.02. The molecule has 0 saturated carbocycles. The molecule has 5 heteroatoms. The highest BCUT2D eigenvalue weighted by Crippen LogP contribution is 2.13. The molecule has 5 nitrogen and oxygen atoms in total. The molecule has 0 fully saturated rings. The average Bonchev–Trinajstić information content (AvgIpc) is 2.69. The molecule has 0 amide bonds. The van der Waals surface area contributed by atoms with Crippen molar-refractivity contribution in [2.24, 2.45) is 5.92 Å². The minimum atomic E-state index is -1.05. The summed E-state index contributed by atoms with van der Waals surface area (Å²) >= 11 is 0. The monoisotopic (exact) mass is 260 g/mol. The number of nitrogens with zero attached hydrogens (tertiary/aromatic N) is 1. The summed E-state index contributed by atoms with van der Waals surface area (Å²) in [6.45, 7) is 4.11. The highest BCUT2D eigenvalue weighted by Gasteiger charge is 2.14. The average molecular weight is 260 g/mol. The second kappa shape index (κ2) is 5.14. The fraction of sp³-hybridized carbons (Fsp3) is 0.286. The number of benzene rings is 1. The van der Waals surface area contributed by atoms with Gasteiger partial charge < -0.3 is 5.11 Å².